The monoisotopic (exact) mass is 157 g/mol. The van der Waals surface area contributed by atoms with Crippen molar-refractivity contribution in [1.29, 1.82) is 0 Å². The second kappa shape index (κ2) is 2.81. The molecule has 0 radical (unpaired) electrons. The highest BCUT2D eigenvalue weighted by Crippen LogP contribution is 2.30. The molecule has 2 unspecified atom stereocenters. The van der Waals surface area contributed by atoms with Gasteiger partial charge in [-0.05, 0) is 33.2 Å². The van der Waals surface area contributed by atoms with Crippen LogP contribution in [0.2, 0.25) is 0 Å². The molecule has 3 heteroatoms. The average molecular weight is 157 g/mol. The fraction of sp³-hybridized carbons (Fsp3) is 0.875. The minimum absolute atomic E-state index is 0.338. The smallest absolute Gasteiger partial charge is 0.309 e. The molecule has 0 aromatic heterocycles. The summed E-state index contributed by atoms with van der Waals surface area (Å²) in [6, 6.07) is 0.338. The maximum absolute atomic E-state index is 10.8. The van der Waals surface area contributed by atoms with Crippen molar-refractivity contribution >= 4 is 5.97 Å². The lowest BCUT2D eigenvalue weighted by Gasteiger charge is -2.33. The highest BCUT2D eigenvalue weighted by Gasteiger charge is 2.36. The minimum atomic E-state index is -0.661. The molecule has 1 aliphatic rings. The average Bonchev–Trinajstić information content (AvgIpc) is 1.86. The number of carboxylic acids is 1. The third-order valence-electron chi connectivity index (χ3n) is 2.44. The van der Waals surface area contributed by atoms with Gasteiger partial charge in [0.2, 0.25) is 0 Å². The number of aliphatic carboxylic acids is 1. The van der Waals surface area contributed by atoms with Crippen molar-refractivity contribution in [2.24, 2.45) is 5.41 Å². The van der Waals surface area contributed by atoms with E-state index >= 15 is 0 Å². The number of carboxylic acid groups (broad SMARTS) is 1. The molecule has 0 spiro atoms. The molecular formula is C8H15NO2. The summed E-state index contributed by atoms with van der Waals surface area (Å²) in [5.41, 5.74) is -0.495. The summed E-state index contributed by atoms with van der Waals surface area (Å²) >= 11 is 0. The van der Waals surface area contributed by atoms with Gasteiger partial charge in [-0.15, -0.1) is 0 Å². The Labute approximate surface area is 66.8 Å². The molecule has 0 aliphatic carbocycles. The molecule has 11 heavy (non-hydrogen) atoms. The Morgan fingerprint density at radius 2 is 2.36 bits per heavy atom. The Morgan fingerprint density at radius 1 is 1.73 bits per heavy atom. The molecule has 0 amide bonds. The van der Waals surface area contributed by atoms with Crippen LogP contribution in [0.3, 0.4) is 0 Å². The van der Waals surface area contributed by atoms with Crippen LogP contribution in [0.25, 0.3) is 0 Å². The first kappa shape index (κ1) is 8.53. The Morgan fingerprint density at radius 3 is 2.73 bits per heavy atom. The number of hydrogen-bond acceptors (Lipinski definition) is 2. The van der Waals surface area contributed by atoms with E-state index in [-0.39, 0.29) is 0 Å². The van der Waals surface area contributed by atoms with Gasteiger partial charge in [-0.3, -0.25) is 4.79 Å². The molecule has 0 bridgehead atoms. The summed E-state index contributed by atoms with van der Waals surface area (Å²) in [6.07, 6.45) is 1.48. The largest absolute Gasteiger partial charge is 0.481 e. The molecule has 0 aromatic carbocycles. The first-order chi connectivity index (χ1) is 5.04. The van der Waals surface area contributed by atoms with Crippen LogP contribution < -0.4 is 5.32 Å². The third-order valence-corrected chi connectivity index (χ3v) is 2.44. The van der Waals surface area contributed by atoms with Crippen molar-refractivity contribution in [2.45, 2.75) is 32.7 Å². The van der Waals surface area contributed by atoms with E-state index in [1.165, 1.54) is 0 Å². The lowest BCUT2D eigenvalue weighted by atomic mass is 9.78. The van der Waals surface area contributed by atoms with Gasteiger partial charge in [0.05, 0.1) is 5.41 Å². The van der Waals surface area contributed by atoms with E-state index in [2.05, 4.69) is 5.32 Å². The lowest BCUT2D eigenvalue weighted by Crippen LogP contribution is -2.44. The molecule has 0 aromatic rings. The Bertz CT molecular complexity index is 169. The Hall–Kier alpha value is -0.570. The van der Waals surface area contributed by atoms with Crippen LogP contribution in [0.15, 0.2) is 0 Å². The summed E-state index contributed by atoms with van der Waals surface area (Å²) in [4.78, 5) is 10.8. The fourth-order valence-corrected chi connectivity index (χ4v) is 1.64. The molecule has 64 valence electrons. The van der Waals surface area contributed by atoms with Gasteiger partial charge in [0.15, 0.2) is 0 Å². The summed E-state index contributed by atoms with van der Waals surface area (Å²) in [5, 5.41) is 12.1. The standard InChI is InChI=1S/C8H15NO2/c1-6-5-8(2,7(10)11)3-4-9-6/h6,9H,3-5H2,1-2H3,(H,10,11). The Kier molecular flexibility index (Phi) is 2.18. The van der Waals surface area contributed by atoms with Crippen LogP contribution in [0, 0.1) is 5.41 Å². The molecular weight excluding hydrogens is 142 g/mol. The maximum atomic E-state index is 10.8. The van der Waals surface area contributed by atoms with Gasteiger partial charge in [0.1, 0.15) is 0 Å². The number of rotatable bonds is 1. The summed E-state index contributed by atoms with van der Waals surface area (Å²) in [7, 11) is 0. The lowest BCUT2D eigenvalue weighted by molar-refractivity contribution is -0.150. The van der Waals surface area contributed by atoms with Crippen LogP contribution in [0.4, 0.5) is 0 Å². The summed E-state index contributed by atoms with van der Waals surface area (Å²) in [5.74, 6) is -0.661. The van der Waals surface area contributed by atoms with Crippen LogP contribution in [-0.4, -0.2) is 23.7 Å². The molecule has 1 aliphatic heterocycles. The third kappa shape index (κ3) is 1.71. The number of piperidine rings is 1. The van der Waals surface area contributed by atoms with Crippen molar-refractivity contribution in [3.8, 4) is 0 Å². The Balaban J connectivity index is 2.63. The van der Waals surface area contributed by atoms with Crippen LogP contribution in [0.5, 0.6) is 0 Å². The highest BCUT2D eigenvalue weighted by molar-refractivity contribution is 5.74. The van der Waals surface area contributed by atoms with E-state index < -0.39 is 11.4 Å². The van der Waals surface area contributed by atoms with Crippen LogP contribution in [0.1, 0.15) is 26.7 Å². The second-order valence-electron chi connectivity index (χ2n) is 3.68. The van der Waals surface area contributed by atoms with Crippen LogP contribution >= 0.6 is 0 Å². The topological polar surface area (TPSA) is 49.3 Å². The van der Waals surface area contributed by atoms with Gasteiger partial charge < -0.3 is 10.4 Å². The quantitative estimate of drug-likeness (QED) is 0.593. The second-order valence-corrected chi connectivity index (χ2v) is 3.68. The van der Waals surface area contributed by atoms with Gasteiger partial charge in [0.25, 0.3) is 0 Å². The number of nitrogens with one attached hydrogen (secondary N) is 1. The van der Waals surface area contributed by atoms with Crippen molar-refractivity contribution in [3.63, 3.8) is 0 Å². The first-order valence-electron chi connectivity index (χ1n) is 4.01. The van der Waals surface area contributed by atoms with E-state index in [9.17, 15) is 4.79 Å². The van der Waals surface area contributed by atoms with E-state index in [4.69, 9.17) is 5.11 Å². The highest BCUT2D eigenvalue weighted by atomic mass is 16.4. The fourth-order valence-electron chi connectivity index (χ4n) is 1.64. The SMILES string of the molecule is CC1CC(C)(C(=O)O)CCN1. The van der Waals surface area contributed by atoms with Crippen molar-refractivity contribution in [1.82, 2.24) is 5.32 Å². The predicted octanol–water partition coefficient (Wildman–Crippen LogP) is 0.849. The van der Waals surface area contributed by atoms with E-state index in [1.807, 2.05) is 13.8 Å². The number of carbonyl (C=O) groups is 1. The van der Waals surface area contributed by atoms with E-state index in [0.717, 1.165) is 19.4 Å². The minimum Gasteiger partial charge on any atom is -0.481 e. The molecule has 1 fully saturated rings. The van der Waals surface area contributed by atoms with E-state index in [1.54, 1.807) is 0 Å². The van der Waals surface area contributed by atoms with Gasteiger partial charge in [-0.2, -0.15) is 0 Å². The molecule has 1 saturated heterocycles. The summed E-state index contributed by atoms with van der Waals surface area (Å²) < 4.78 is 0. The van der Waals surface area contributed by atoms with Crippen molar-refractivity contribution in [2.75, 3.05) is 6.54 Å². The molecule has 3 nitrogen and oxygen atoms in total. The zero-order valence-electron chi connectivity index (χ0n) is 7.05. The zero-order chi connectivity index (χ0) is 8.48. The van der Waals surface area contributed by atoms with Gasteiger partial charge in [-0.1, -0.05) is 0 Å². The van der Waals surface area contributed by atoms with Crippen molar-refractivity contribution in [3.05, 3.63) is 0 Å². The first-order valence-corrected chi connectivity index (χ1v) is 4.01. The zero-order valence-corrected chi connectivity index (χ0v) is 7.05. The predicted molar refractivity (Wildman–Crippen MR) is 42.4 cm³/mol. The van der Waals surface area contributed by atoms with Gasteiger partial charge >= 0.3 is 5.97 Å². The maximum Gasteiger partial charge on any atom is 0.309 e. The van der Waals surface area contributed by atoms with Crippen molar-refractivity contribution < 1.29 is 9.90 Å². The normalized spacial score (nSPS) is 38.5. The van der Waals surface area contributed by atoms with Gasteiger partial charge in [0, 0.05) is 6.04 Å². The molecule has 1 rings (SSSR count). The molecule has 2 N–H and O–H groups in total. The number of hydrogen-bond donors (Lipinski definition) is 2. The van der Waals surface area contributed by atoms with E-state index in [0.29, 0.717) is 6.04 Å². The summed E-state index contributed by atoms with van der Waals surface area (Å²) in [6.45, 7) is 4.68. The van der Waals surface area contributed by atoms with Gasteiger partial charge in [-0.25, -0.2) is 0 Å². The van der Waals surface area contributed by atoms with Crippen LogP contribution in [-0.2, 0) is 4.79 Å². The molecule has 1 heterocycles. The molecule has 2 atom stereocenters. The molecule has 0 saturated carbocycles.